The van der Waals surface area contributed by atoms with Gasteiger partial charge in [-0.2, -0.15) is 0 Å². The van der Waals surface area contributed by atoms with Gasteiger partial charge < -0.3 is 12.3 Å². The maximum absolute atomic E-state index is 6.23. The lowest BCUT2D eigenvalue weighted by molar-refractivity contribution is 0.336. The quantitative estimate of drug-likeness (QED) is 0.675. The lowest BCUT2D eigenvalue weighted by Crippen LogP contribution is -2.54. The van der Waals surface area contributed by atoms with Crippen molar-refractivity contribution in [3.63, 3.8) is 0 Å². The molecule has 0 saturated carbocycles. The summed E-state index contributed by atoms with van der Waals surface area (Å²) in [6, 6.07) is 0. The first-order chi connectivity index (χ1) is 7.39. The van der Waals surface area contributed by atoms with Crippen molar-refractivity contribution in [1.82, 2.24) is 0 Å². The summed E-state index contributed by atoms with van der Waals surface area (Å²) in [7, 11) is -6.97. The second-order valence-corrected chi connectivity index (χ2v) is 19.9. The van der Waals surface area contributed by atoms with E-state index >= 15 is 0 Å². The molecule has 0 unspecified atom stereocenters. The Kier molecular flexibility index (Phi) is 6.26. The van der Waals surface area contributed by atoms with E-state index in [4.69, 9.17) is 12.3 Å². The van der Waals surface area contributed by atoms with Gasteiger partial charge in [0.15, 0.2) is 17.4 Å². The monoisotopic (exact) mass is 308 g/mol. The summed E-state index contributed by atoms with van der Waals surface area (Å²) >= 11 is 0. The lowest BCUT2D eigenvalue weighted by Gasteiger charge is -2.37. The molecule has 0 heterocycles. The van der Waals surface area contributed by atoms with Crippen molar-refractivity contribution in [2.24, 2.45) is 0 Å². The molecule has 0 atom stereocenters. The van der Waals surface area contributed by atoms with E-state index in [1.54, 1.807) is 0 Å². The highest BCUT2D eigenvalue weighted by Crippen LogP contribution is 2.21. The molecule has 0 aliphatic heterocycles. The molecule has 0 fully saturated rings. The van der Waals surface area contributed by atoms with Gasteiger partial charge in [-0.25, -0.2) is 0 Å². The zero-order valence-corrected chi connectivity index (χ0v) is 16.7. The van der Waals surface area contributed by atoms with Crippen LogP contribution in [0, 0.1) is 0 Å². The third kappa shape index (κ3) is 8.24. The first-order valence-electron chi connectivity index (χ1n) is 6.11. The molecule has 0 bridgehead atoms. The van der Waals surface area contributed by atoms with E-state index in [0.717, 1.165) is 0 Å². The molecule has 0 aliphatic rings. The van der Waals surface area contributed by atoms with Crippen molar-refractivity contribution in [2.75, 3.05) is 0 Å². The number of hydrogen-bond donors (Lipinski definition) is 0. The van der Waals surface area contributed by atoms with E-state index in [1.165, 1.54) is 0 Å². The van der Waals surface area contributed by atoms with Crippen LogP contribution in [0.1, 0.15) is 0 Å². The van der Waals surface area contributed by atoms with Gasteiger partial charge in [0.2, 0.25) is 0 Å². The third-order valence-electron chi connectivity index (χ3n) is 2.01. The molecule has 0 aliphatic carbocycles. The van der Waals surface area contributed by atoms with Gasteiger partial charge in [0, 0.05) is 0 Å². The van der Waals surface area contributed by atoms with Gasteiger partial charge in [-0.15, -0.1) is 6.58 Å². The first kappa shape index (κ1) is 17.5. The molecular formula is C10H28O3Si4. The van der Waals surface area contributed by atoms with Gasteiger partial charge in [-0.05, 0) is 52.4 Å². The summed E-state index contributed by atoms with van der Waals surface area (Å²) in [6.45, 7) is 20.9. The van der Waals surface area contributed by atoms with E-state index in [0.29, 0.717) is 0 Å². The minimum absolute atomic E-state index is 1.05. The van der Waals surface area contributed by atoms with Gasteiger partial charge in [0.25, 0.3) is 0 Å². The second kappa shape index (κ2) is 6.09. The average molecular weight is 309 g/mol. The molecule has 0 saturated heterocycles. The Morgan fingerprint density at radius 2 is 1.35 bits per heavy atom. The van der Waals surface area contributed by atoms with Crippen LogP contribution in [-0.4, -0.2) is 34.5 Å². The Bertz CT molecular complexity index is 264. The van der Waals surface area contributed by atoms with Gasteiger partial charge in [-0.3, -0.25) is 0 Å². The van der Waals surface area contributed by atoms with Gasteiger partial charge in [0.1, 0.15) is 0 Å². The highest BCUT2D eigenvalue weighted by molar-refractivity contribution is 6.89. The van der Waals surface area contributed by atoms with Crippen molar-refractivity contribution < 1.29 is 12.3 Å². The van der Waals surface area contributed by atoms with Crippen LogP contribution in [0.4, 0.5) is 0 Å². The molecule has 0 rings (SSSR count). The number of rotatable bonds is 7. The predicted octanol–water partition coefficient (Wildman–Crippen LogP) is 3.35. The van der Waals surface area contributed by atoms with Crippen molar-refractivity contribution in [2.45, 2.75) is 52.4 Å². The fraction of sp³-hybridized carbons (Fsp3) is 0.800. The van der Waals surface area contributed by atoms with Gasteiger partial charge in [-0.1, -0.05) is 5.70 Å². The molecule has 0 amide bonds. The molecule has 0 radical (unpaired) electrons. The summed E-state index contributed by atoms with van der Waals surface area (Å²) in [5.41, 5.74) is 1.96. The maximum Gasteiger partial charge on any atom is 0.312 e. The average Bonchev–Trinajstić information content (AvgIpc) is 1.96. The van der Waals surface area contributed by atoms with Crippen LogP contribution in [0.2, 0.25) is 52.4 Å². The Hall–Kier alpha value is 0.488. The smallest absolute Gasteiger partial charge is 0.312 e. The van der Waals surface area contributed by atoms with E-state index in [9.17, 15) is 0 Å². The standard InChI is InChI=1S/C10H28O3Si4/c1-10-15(4,5)12-17(8,9)13-16(6,7)11-14(2)3/h10,14H,1H2,2-9H3. The zero-order valence-electron chi connectivity index (χ0n) is 12.6. The molecule has 0 aromatic carbocycles. The van der Waals surface area contributed by atoms with Crippen LogP contribution in [0.15, 0.2) is 12.3 Å². The summed E-state index contributed by atoms with van der Waals surface area (Å²) in [6.07, 6.45) is 0. The molecule has 0 aromatic heterocycles. The molecule has 0 aromatic rings. The van der Waals surface area contributed by atoms with Crippen LogP contribution >= 0.6 is 0 Å². The topological polar surface area (TPSA) is 27.7 Å². The fourth-order valence-corrected chi connectivity index (χ4v) is 17.7. The first-order valence-corrected chi connectivity index (χ1v) is 17.5. The summed E-state index contributed by atoms with van der Waals surface area (Å²) in [4.78, 5) is 0. The van der Waals surface area contributed by atoms with Crippen molar-refractivity contribution in [1.29, 1.82) is 0 Å². The van der Waals surface area contributed by atoms with Crippen molar-refractivity contribution >= 4 is 34.5 Å². The normalized spacial score (nSPS) is 14.2. The summed E-state index contributed by atoms with van der Waals surface area (Å²) in [5.74, 6) is 0. The summed E-state index contributed by atoms with van der Waals surface area (Å²) < 4.78 is 18.4. The van der Waals surface area contributed by atoms with Crippen LogP contribution in [0.3, 0.4) is 0 Å². The van der Waals surface area contributed by atoms with Crippen LogP contribution in [0.25, 0.3) is 0 Å². The molecule has 102 valence electrons. The van der Waals surface area contributed by atoms with Crippen molar-refractivity contribution in [3.8, 4) is 0 Å². The van der Waals surface area contributed by atoms with Crippen LogP contribution < -0.4 is 0 Å². The lowest BCUT2D eigenvalue weighted by atomic mass is 11.3. The zero-order chi connectivity index (χ0) is 13.9. The minimum Gasteiger partial charge on any atom is -0.440 e. The Morgan fingerprint density at radius 1 is 0.882 bits per heavy atom. The molecule has 17 heavy (non-hydrogen) atoms. The predicted molar refractivity (Wildman–Crippen MR) is 84.8 cm³/mol. The highest BCUT2D eigenvalue weighted by atomic mass is 28.5. The van der Waals surface area contributed by atoms with E-state index < -0.39 is 34.5 Å². The van der Waals surface area contributed by atoms with E-state index in [2.05, 4.69) is 59.0 Å². The largest absolute Gasteiger partial charge is 0.440 e. The fourth-order valence-electron chi connectivity index (χ4n) is 1.88. The Labute approximate surface area is 112 Å². The molecule has 3 nitrogen and oxygen atoms in total. The van der Waals surface area contributed by atoms with Gasteiger partial charge >= 0.3 is 17.1 Å². The Balaban J connectivity index is 4.58. The molecule has 0 spiro atoms. The third-order valence-corrected chi connectivity index (χ3v) is 15.2. The number of hydrogen-bond acceptors (Lipinski definition) is 3. The van der Waals surface area contributed by atoms with E-state index in [-0.39, 0.29) is 0 Å². The maximum atomic E-state index is 6.23. The SMILES string of the molecule is C=C[Si](C)(C)O[Si](C)(C)O[Si](C)(C)O[SiH](C)C. The molecular weight excluding hydrogens is 280 g/mol. The van der Waals surface area contributed by atoms with Crippen molar-refractivity contribution in [3.05, 3.63) is 12.3 Å². The summed E-state index contributed by atoms with van der Waals surface area (Å²) in [5, 5.41) is 0. The van der Waals surface area contributed by atoms with E-state index in [1.807, 2.05) is 5.70 Å². The molecule has 7 heteroatoms. The highest BCUT2D eigenvalue weighted by Gasteiger charge is 2.39. The Morgan fingerprint density at radius 3 is 1.71 bits per heavy atom. The van der Waals surface area contributed by atoms with Gasteiger partial charge in [0.05, 0.1) is 0 Å². The van der Waals surface area contributed by atoms with Crippen LogP contribution in [0.5, 0.6) is 0 Å². The minimum atomic E-state index is -2.11. The van der Waals surface area contributed by atoms with Crippen LogP contribution in [-0.2, 0) is 12.3 Å². The second-order valence-electron chi connectivity index (χ2n) is 5.98. The molecule has 0 N–H and O–H groups in total.